The first kappa shape index (κ1) is 12.5. The number of hydrogen-bond acceptors (Lipinski definition) is 3. The van der Waals surface area contributed by atoms with Crippen LogP contribution in [0.5, 0.6) is 0 Å². The average Bonchev–Trinajstić information content (AvgIpc) is 2.63. The summed E-state index contributed by atoms with van der Waals surface area (Å²) in [5.74, 6) is -0.0439. The molecule has 0 bridgehead atoms. The fourth-order valence-electron chi connectivity index (χ4n) is 2.56. The van der Waals surface area contributed by atoms with Crippen molar-refractivity contribution in [2.24, 2.45) is 0 Å². The van der Waals surface area contributed by atoms with Gasteiger partial charge in [-0.2, -0.15) is 0 Å². The number of nitrogens with zero attached hydrogens (tertiary/aromatic N) is 1. The van der Waals surface area contributed by atoms with Gasteiger partial charge in [0.25, 0.3) is 0 Å². The molecule has 0 N–H and O–H groups in total. The number of para-hydroxylation sites is 1. The molecular formula is C13H19GeNO2. The Morgan fingerprint density at radius 3 is 2.35 bits per heavy atom. The zero-order valence-corrected chi connectivity index (χ0v) is 12.7. The molecule has 1 aromatic rings. The molecule has 0 spiro atoms. The Hall–Kier alpha value is -0.967. The van der Waals surface area contributed by atoms with Crippen LogP contribution in [0.2, 0.25) is 10.5 Å². The minimum absolute atomic E-state index is 0.0439. The van der Waals surface area contributed by atoms with E-state index >= 15 is 0 Å². The van der Waals surface area contributed by atoms with E-state index in [-0.39, 0.29) is 12.0 Å². The van der Waals surface area contributed by atoms with E-state index in [2.05, 4.69) is 29.8 Å². The Morgan fingerprint density at radius 2 is 1.82 bits per heavy atom. The molecule has 0 saturated carbocycles. The van der Waals surface area contributed by atoms with Crippen LogP contribution in [0.1, 0.15) is 20.8 Å². The maximum atomic E-state index is 11.9. The number of carbonyl (C=O) groups excluding carboxylic acids is 1. The van der Waals surface area contributed by atoms with Gasteiger partial charge in [0.2, 0.25) is 0 Å². The second-order valence-electron chi connectivity index (χ2n) is 4.46. The van der Waals surface area contributed by atoms with Gasteiger partial charge in [-0.25, -0.2) is 0 Å². The number of hydrogen-bond donors (Lipinski definition) is 0. The van der Waals surface area contributed by atoms with Gasteiger partial charge in [-0.1, -0.05) is 0 Å². The van der Waals surface area contributed by atoms with Crippen molar-refractivity contribution >= 4 is 25.5 Å². The van der Waals surface area contributed by atoms with Crippen molar-refractivity contribution in [1.82, 2.24) is 0 Å². The van der Waals surface area contributed by atoms with Gasteiger partial charge in [-0.05, 0) is 0 Å². The summed E-state index contributed by atoms with van der Waals surface area (Å²) in [5.41, 5.74) is 1.13. The molecule has 1 aliphatic heterocycles. The van der Waals surface area contributed by atoms with E-state index in [9.17, 15) is 4.79 Å². The molecule has 0 aliphatic carbocycles. The third kappa shape index (κ3) is 1.97. The molecule has 1 heterocycles. The number of rotatable bonds is 3. The third-order valence-electron chi connectivity index (χ3n) is 3.60. The average molecular weight is 294 g/mol. The number of carbonyl (C=O) groups is 1. The molecule has 0 amide bonds. The van der Waals surface area contributed by atoms with E-state index < -0.39 is 13.8 Å². The first-order valence-electron chi connectivity index (χ1n) is 6.22. The maximum absolute atomic E-state index is 11.9. The van der Waals surface area contributed by atoms with Gasteiger partial charge in [-0.3, -0.25) is 0 Å². The van der Waals surface area contributed by atoms with E-state index in [4.69, 9.17) is 3.76 Å². The van der Waals surface area contributed by atoms with Gasteiger partial charge in [0.15, 0.2) is 0 Å². The molecular weight excluding hydrogens is 275 g/mol. The van der Waals surface area contributed by atoms with Gasteiger partial charge < -0.3 is 0 Å². The predicted octanol–water partition coefficient (Wildman–Crippen LogP) is 2.92. The molecule has 1 atom stereocenters. The van der Waals surface area contributed by atoms with Crippen LogP contribution in [-0.2, 0) is 8.56 Å². The molecule has 0 aromatic heterocycles. The van der Waals surface area contributed by atoms with E-state index in [0.29, 0.717) is 0 Å². The summed E-state index contributed by atoms with van der Waals surface area (Å²) in [6.45, 7) is 6.24. The van der Waals surface area contributed by atoms with Gasteiger partial charge >= 0.3 is 106 Å². The van der Waals surface area contributed by atoms with Crippen LogP contribution in [0, 0.1) is 0 Å². The molecule has 1 unspecified atom stereocenters. The summed E-state index contributed by atoms with van der Waals surface area (Å²) in [6, 6.07) is 10.1. The number of anilines is 1. The predicted molar refractivity (Wildman–Crippen MR) is 71.2 cm³/mol. The molecule has 4 heteroatoms. The van der Waals surface area contributed by atoms with Crippen molar-refractivity contribution in [3.05, 3.63) is 30.3 Å². The van der Waals surface area contributed by atoms with Crippen molar-refractivity contribution in [3.8, 4) is 0 Å². The van der Waals surface area contributed by atoms with Crippen LogP contribution < -0.4 is 3.86 Å². The fraction of sp³-hybridized carbons (Fsp3) is 0.462. The molecule has 1 saturated heterocycles. The molecule has 1 aliphatic rings. The summed E-state index contributed by atoms with van der Waals surface area (Å²) in [4.78, 5) is 11.9. The summed E-state index contributed by atoms with van der Waals surface area (Å²) in [7, 11) is 0. The normalized spacial score (nSPS) is 22.6. The fourth-order valence-corrected chi connectivity index (χ4v) is 10.00. The number of benzene rings is 1. The van der Waals surface area contributed by atoms with Crippen LogP contribution >= 0.6 is 0 Å². The summed E-state index contributed by atoms with van der Waals surface area (Å²) in [5, 5.41) is 1.98. The SMILES string of the molecule is C[CH2][Ge]1([CH2]C)[O]C(=O)C(C)[N]1c1ccccc1. The van der Waals surface area contributed by atoms with E-state index in [1.165, 1.54) is 0 Å². The van der Waals surface area contributed by atoms with Crippen molar-refractivity contribution in [2.45, 2.75) is 37.3 Å². The first-order valence-corrected chi connectivity index (χ1v) is 11.0. The second kappa shape index (κ2) is 4.72. The summed E-state index contributed by atoms with van der Waals surface area (Å²) in [6.07, 6.45) is 0. The van der Waals surface area contributed by atoms with Crippen molar-refractivity contribution in [2.75, 3.05) is 3.86 Å². The van der Waals surface area contributed by atoms with Crippen LogP contribution in [0.15, 0.2) is 30.3 Å². The second-order valence-corrected chi connectivity index (χ2v) is 12.8. The summed E-state index contributed by atoms with van der Waals surface area (Å²) >= 11 is -2.66. The molecule has 17 heavy (non-hydrogen) atoms. The zero-order chi connectivity index (χ0) is 12.5. The van der Waals surface area contributed by atoms with Crippen molar-refractivity contribution < 1.29 is 8.56 Å². The first-order chi connectivity index (χ1) is 8.14. The minimum atomic E-state index is -2.66. The van der Waals surface area contributed by atoms with Crippen LogP contribution in [0.4, 0.5) is 5.69 Å². The van der Waals surface area contributed by atoms with Gasteiger partial charge in [0, 0.05) is 0 Å². The van der Waals surface area contributed by atoms with Gasteiger partial charge in [0.1, 0.15) is 0 Å². The Kier molecular flexibility index (Phi) is 3.47. The van der Waals surface area contributed by atoms with Crippen molar-refractivity contribution in [3.63, 3.8) is 0 Å². The quantitative estimate of drug-likeness (QED) is 0.803. The van der Waals surface area contributed by atoms with Crippen molar-refractivity contribution in [1.29, 1.82) is 0 Å². The monoisotopic (exact) mass is 295 g/mol. The molecule has 1 aromatic carbocycles. The summed E-state index contributed by atoms with van der Waals surface area (Å²) < 4.78 is 8.10. The van der Waals surface area contributed by atoms with Gasteiger partial charge in [0.05, 0.1) is 0 Å². The van der Waals surface area contributed by atoms with Gasteiger partial charge in [-0.15, -0.1) is 0 Å². The Labute approximate surface area is 106 Å². The van der Waals surface area contributed by atoms with E-state index in [1.807, 2.05) is 25.1 Å². The Morgan fingerprint density at radius 1 is 1.24 bits per heavy atom. The van der Waals surface area contributed by atoms with Crippen LogP contribution in [-0.4, -0.2) is 25.8 Å². The van der Waals surface area contributed by atoms with E-state index in [0.717, 1.165) is 16.2 Å². The molecule has 0 radical (unpaired) electrons. The standard InChI is InChI=1S/C13H19GeNO2/c1-4-14(5-2)15(11(3)13(16)17-14)12-9-7-6-8-10-12/h6-11H,4-5H2,1-3H3. The Balaban J connectivity index is 2.44. The van der Waals surface area contributed by atoms with Crippen LogP contribution in [0.25, 0.3) is 0 Å². The topological polar surface area (TPSA) is 29.5 Å². The molecule has 3 nitrogen and oxygen atoms in total. The van der Waals surface area contributed by atoms with Crippen LogP contribution in [0.3, 0.4) is 0 Å². The van der Waals surface area contributed by atoms with E-state index in [1.54, 1.807) is 0 Å². The third-order valence-corrected chi connectivity index (χ3v) is 12.6. The Bertz CT molecular complexity index is 403. The zero-order valence-electron chi connectivity index (χ0n) is 10.6. The molecule has 1 fully saturated rings. The molecule has 2 rings (SSSR count). The molecule has 92 valence electrons.